The zero-order chi connectivity index (χ0) is 14.7. The Morgan fingerprint density at radius 2 is 2.10 bits per heavy atom. The fourth-order valence-electron chi connectivity index (χ4n) is 3.00. The van der Waals surface area contributed by atoms with Crippen LogP contribution < -0.4 is 5.32 Å². The number of aromatic nitrogens is 3. The summed E-state index contributed by atoms with van der Waals surface area (Å²) in [5, 5.41) is 7.95. The largest absolute Gasteiger partial charge is 0.311 e. The highest BCUT2D eigenvalue weighted by Crippen LogP contribution is 2.18. The molecule has 20 heavy (non-hydrogen) atoms. The van der Waals surface area contributed by atoms with Gasteiger partial charge in [0.05, 0.1) is 6.54 Å². The molecule has 1 aliphatic rings. The van der Waals surface area contributed by atoms with E-state index in [2.05, 4.69) is 54.9 Å². The highest BCUT2D eigenvalue weighted by molar-refractivity contribution is 4.92. The lowest BCUT2D eigenvalue weighted by Gasteiger charge is -2.40. The zero-order valence-corrected chi connectivity index (χ0v) is 13.5. The molecule has 2 rings (SSSR count). The smallest absolute Gasteiger partial charge is 0.141 e. The van der Waals surface area contributed by atoms with Crippen molar-refractivity contribution < 1.29 is 0 Å². The van der Waals surface area contributed by atoms with Gasteiger partial charge >= 0.3 is 0 Å². The van der Waals surface area contributed by atoms with E-state index < -0.39 is 0 Å². The predicted molar refractivity (Wildman–Crippen MR) is 81.5 cm³/mol. The molecule has 114 valence electrons. The summed E-state index contributed by atoms with van der Waals surface area (Å²) in [6, 6.07) is 1.52. The molecule has 0 radical (unpaired) electrons. The molecule has 1 N–H and O–H groups in total. The molecule has 0 aliphatic carbocycles. The van der Waals surface area contributed by atoms with Crippen molar-refractivity contribution in [3.05, 3.63) is 12.2 Å². The van der Waals surface area contributed by atoms with Crippen LogP contribution in [-0.2, 0) is 6.54 Å². The van der Waals surface area contributed by atoms with Gasteiger partial charge in [-0.25, -0.2) is 9.67 Å². The summed E-state index contributed by atoms with van der Waals surface area (Å²) in [7, 11) is 0. The van der Waals surface area contributed by atoms with E-state index >= 15 is 0 Å². The zero-order valence-electron chi connectivity index (χ0n) is 13.5. The first-order valence-corrected chi connectivity index (χ1v) is 7.83. The molecular weight excluding hydrogens is 250 g/mol. The monoisotopic (exact) mass is 279 g/mol. The molecule has 0 bridgehead atoms. The Morgan fingerprint density at radius 3 is 2.75 bits per heavy atom. The quantitative estimate of drug-likeness (QED) is 0.896. The van der Waals surface area contributed by atoms with Crippen molar-refractivity contribution in [3.8, 4) is 0 Å². The minimum Gasteiger partial charge on any atom is -0.311 e. The van der Waals surface area contributed by atoms with E-state index in [4.69, 9.17) is 0 Å². The number of hydrogen-bond acceptors (Lipinski definition) is 4. The standard InChI is InChI=1S/C15H29N5/c1-11(2)6-14-7-16-13(5)8-19(14)9-15-17-10-18-20(15)12(3)4/h10-14,16H,6-9H2,1-5H3. The average molecular weight is 279 g/mol. The van der Waals surface area contributed by atoms with Gasteiger partial charge in [-0.1, -0.05) is 13.8 Å². The fourth-order valence-corrected chi connectivity index (χ4v) is 3.00. The summed E-state index contributed by atoms with van der Waals surface area (Å²) in [6.07, 6.45) is 2.91. The minimum atomic E-state index is 0.372. The van der Waals surface area contributed by atoms with E-state index in [9.17, 15) is 0 Å². The Hall–Kier alpha value is -0.940. The highest BCUT2D eigenvalue weighted by atomic mass is 15.4. The molecule has 5 heteroatoms. The lowest BCUT2D eigenvalue weighted by Crippen LogP contribution is -2.55. The molecular formula is C15H29N5. The molecule has 2 atom stereocenters. The van der Waals surface area contributed by atoms with Gasteiger partial charge in [-0.05, 0) is 33.1 Å². The molecule has 1 saturated heterocycles. The molecule has 2 heterocycles. The third-order valence-corrected chi connectivity index (χ3v) is 3.95. The third kappa shape index (κ3) is 3.79. The van der Waals surface area contributed by atoms with Crippen molar-refractivity contribution >= 4 is 0 Å². The molecule has 1 aromatic rings. The van der Waals surface area contributed by atoms with Crippen LogP contribution in [0.3, 0.4) is 0 Å². The Labute approximate surface area is 122 Å². The van der Waals surface area contributed by atoms with Crippen molar-refractivity contribution in [3.63, 3.8) is 0 Å². The Bertz CT molecular complexity index is 412. The topological polar surface area (TPSA) is 46.0 Å². The van der Waals surface area contributed by atoms with Crippen LogP contribution in [0.5, 0.6) is 0 Å². The normalized spacial score (nSPS) is 24.8. The Balaban J connectivity index is 2.08. The molecule has 0 amide bonds. The van der Waals surface area contributed by atoms with Crippen LogP contribution in [0.4, 0.5) is 0 Å². The highest BCUT2D eigenvalue weighted by Gasteiger charge is 2.27. The summed E-state index contributed by atoms with van der Waals surface area (Å²) < 4.78 is 2.04. The summed E-state index contributed by atoms with van der Waals surface area (Å²) in [5.74, 6) is 1.81. The van der Waals surface area contributed by atoms with E-state index in [1.807, 2.05) is 4.68 Å². The maximum absolute atomic E-state index is 4.46. The van der Waals surface area contributed by atoms with Gasteiger partial charge in [0.15, 0.2) is 0 Å². The number of nitrogens with zero attached hydrogens (tertiary/aromatic N) is 4. The van der Waals surface area contributed by atoms with Crippen LogP contribution in [0, 0.1) is 5.92 Å². The first kappa shape index (κ1) is 15.4. The van der Waals surface area contributed by atoms with Crippen LogP contribution in [0.25, 0.3) is 0 Å². The van der Waals surface area contributed by atoms with Crippen molar-refractivity contribution in [2.24, 2.45) is 5.92 Å². The van der Waals surface area contributed by atoms with E-state index in [0.717, 1.165) is 31.4 Å². The second-order valence-corrected chi connectivity index (χ2v) is 6.74. The minimum absolute atomic E-state index is 0.372. The maximum atomic E-state index is 4.46. The van der Waals surface area contributed by atoms with Crippen LogP contribution in [0.1, 0.15) is 52.9 Å². The summed E-state index contributed by atoms with van der Waals surface area (Å²) in [4.78, 5) is 7.03. The van der Waals surface area contributed by atoms with Gasteiger partial charge in [0.2, 0.25) is 0 Å². The second-order valence-electron chi connectivity index (χ2n) is 6.74. The van der Waals surface area contributed by atoms with Crippen LogP contribution in [0.2, 0.25) is 0 Å². The van der Waals surface area contributed by atoms with Crippen LogP contribution >= 0.6 is 0 Å². The lowest BCUT2D eigenvalue weighted by molar-refractivity contribution is 0.106. The number of piperazine rings is 1. The van der Waals surface area contributed by atoms with Crippen LogP contribution in [0.15, 0.2) is 6.33 Å². The van der Waals surface area contributed by atoms with Gasteiger partial charge in [-0.3, -0.25) is 4.90 Å². The molecule has 0 saturated carbocycles. The predicted octanol–water partition coefficient (Wildman–Crippen LogP) is 2.07. The average Bonchev–Trinajstić information content (AvgIpc) is 2.80. The van der Waals surface area contributed by atoms with Gasteiger partial charge in [0, 0.05) is 31.2 Å². The molecule has 0 aromatic carbocycles. The number of hydrogen-bond donors (Lipinski definition) is 1. The first-order chi connectivity index (χ1) is 9.47. The van der Waals surface area contributed by atoms with E-state index in [0.29, 0.717) is 18.1 Å². The maximum Gasteiger partial charge on any atom is 0.141 e. The summed E-state index contributed by atoms with van der Waals surface area (Å²) in [6.45, 7) is 14.2. The molecule has 1 aromatic heterocycles. The van der Waals surface area contributed by atoms with Gasteiger partial charge < -0.3 is 5.32 Å². The van der Waals surface area contributed by atoms with Crippen molar-refractivity contribution in [1.82, 2.24) is 25.0 Å². The second kappa shape index (κ2) is 6.68. The lowest BCUT2D eigenvalue weighted by atomic mass is 9.99. The Morgan fingerprint density at radius 1 is 1.35 bits per heavy atom. The molecule has 1 fully saturated rings. The fraction of sp³-hybridized carbons (Fsp3) is 0.867. The van der Waals surface area contributed by atoms with Crippen molar-refractivity contribution in [2.45, 2.75) is 65.7 Å². The van der Waals surface area contributed by atoms with E-state index in [1.165, 1.54) is 6.42 Å². The molecule has 5 nitrogen and oxygen atoms in total. The Kier molecular flexibility index (Phi) is 5.16. The van der Waals surface area contributed by atoms with Gasteiger partial charge in [-0.15, -0.1) is 0 Å². The number of rotatable bonds is 5. The number of nitrogens with one attached hydrogen (secondary N) is 1. The SMILES string of the molecule is CC(C)CC1CNC(C)CN1Cc1ncnn1C(C)C. The van der Waals surface area contributed by atoms with Crippen LogP contribution in [-0.4, -0.2) is 44.8 Å². The summed E-state index contributed by atoms with van der Waals surface area (Å²) >= 11 is 0. The van der Waals surface area contributed by atoms with E-state index in [1.54, 1.807) is 6.33 Å². The molecule has 1 aliphatic heterocycles. The first-order valence-electron chi connectivity index (χ1n) is 7.83. The molecule has 0 spiro atoms. The summed E-state index contributed by atoms with van der Waals surface area (Å²) in [5.41, 5.74) is 0. The van der Waals surface area contributed by atoms with E-state index in [-0.39, 0.29) is 0 Å². The molecule has 2 unspecified atom stereocenters. The van der Waals surface area contributed by atoms with Gasteiger partial charge in [-0.2, -0.15) is 5.10 Å². The third-order valence-electron chi connectivity index (χ3n) is 3.95. The van der Waals surface area contributed by atoms with Gasteiger partial charge in [0.1, 0.15) is 12.2 Å². The van der Waals surface area contributed by atoms with Crippen molar-refractivity contribution in [1.29, 1.82) is 0 Å². The van der Waals surface area contributed by atoms with Crippen molar-refractivity contribution in [2.75, 3.05) is 13.1 Å². The van der Waals surface area contributed by atoms with Gasteiger partial charge in [0.25, 0.3) is 0 Å².